The number of esters is 1. The number of aromatic nitrogens is 3. The summed E-state index contributed by atoms with van der Waals surface area (Å²) in [7, 11) is -3.50. The Kier molecular flexibility index (Phi) is 7.64. The Bertz CT molecular complexity index is 1520. The molecular weight excluding hydrogens is 509 g/mol. The summed E-state index contributed by atoms with van der Waals surface area (Å²) in [6, 6.07) is 4.87. The molecule has 1 aliphatic heterocycles. The van der Waals surface area contributed by atoms with E-state index in [9.17, 15) is 23.8 Å². The van der Waals surface area contributed by atoms with E-state index in [2.05, 4.69) is 25.1 Å². The highest BCUT2D eigenvalue weighted by molar-refractivity contribution is 7.50. The van der Waals surface area contributed by atoms with E-state index in [0.29, 0.717) is 16.5 Å². The molecule has 0 aliphatic carbocycles. The van der Waals surface area contributed by atoms with Crippen molar-refractivity contribution >= 4 is 24.6 Å². The normalized spacial score (nSPS) is 21.8. The lowest BCUT2D eigenvalue weighted by molar-refractivity contribution is -0.142. The molecule has 4 N–H and O–H groups in total. The fraction of sp³-hybridized carbons (Fsp3) is 0.381. The minimum atomic E-state index is -4.64. The minimum Gasteiger partial charge on any atom is -0.468 e. The number of para-hydroxylation sites is 1. The monoisotopic (exact) mass is 533 g/mol. The first kappa shape index (κ1) is 26.4. The molecule has 3 aromatic rings. The standard InChI is InChI=1S/C21H24N7O8P/c1-11-9-28(21(31)24-19(11)29)17-7-15(25-27-22)16(36-17)10-35-37(32,33)26-18(20(30)34-2)13-8-23-14-6-4-3-5-12(13)14/h3-6,8-9,15-18,23H,7,10H2,1-2H3,(H,24,29,31)(H2,26,32,33)/t15-,16+,17+,18-/m0/s1. The van der Waals surface area contributed by atoms with Gasteiger partial charge in [0.15, 0.2) is 0 Å². The quantitative estimate of drug-likeness (QED) is 0.104. The van der Waals surface area contributed by atoms with Crippen molar-refractivity contribution < 1.29 is 28.3 Å². The van der Waals surface area contributed by atoms with Gasteiger partial charge in [0, 0.05) is 45.8 Å². The van der Waals surface area contributed by atoms with Crippen LogP contribution in [-0.4, -0.2) is 51.3 Å². The summed E-state index contributed by atoms with van der Waals surface area (Å²) in [4.78, 5) is 54.8. The largest absolute Gasteiger partial charge is 0.468 e. The zero-order valence-electron chi connectivity index (χ0n) is 19.7. The Balaban J connectivity index is 1.51. The minimum absolute atomic E-state index is 0.0484. The number of carbonyl (C=O) groups excluding carboxylic acids is 1. The van der Waals surface area contributed by atoms with E-state index in [1.165, 1.54) is 19.3 Å². The molecule has 0 spiro atoms. The third kappa shape index (κ3) is 5.67. The van der Waals surface area contributed by atoms with Gasteiger partial charge in [0.1, 0.15) is 12.3 Å². The van der Waals surface area contributed by atoms with Crippen molar-refractivity contribution in [3.05, 3.63) is 79.1 Å². The molecule has 1 aromatic carbocycles. The number of methoxy groups -OCH3 is 1. The molecule has 0 amide bonds. The van der Waals surface area contributed by atoms with Gasteiger partial charge in [-0.05, 0) is 18.5 Å². The number of hydrogen-bond acceptors (Lipinski definition) is 8. The van der Waals surface area contributed by atoms with E-state index in [1.54, 1.807) is 24.3 Å². The Morgan fingerprint density at radius 1 is 1.43 bits per heavy atom. The van der Waals surface area contributed by atoms with Gasteiger partial charge in [-0.25, -0.2) is 19.2 Å². The maximum Gasteiger partial charge on any atom is 0.404 e. The van der Waals surface area contributed by atoms with Crippen LogP contribution in [-0.2, 0) is 23.4 Å². The van der Waals surface area contributed by atoms with Gasteiger partial charge < -0.3 is 19.4 Å². The lowest BCUT2D eigenvalue weighted by atomic mass is 10.1. The number of nitrogens with zero attached hydrogens (tertiary/aromatic N) is 4. The molecule has 0 bridgehead atoms. The van der Waals surface area contributed by atoms with Crippen molar-refractivity contribution in [1.29, 1.82) is 0 Å². The van der Waals surface area contributed by atoms with E-state index in [-0.39, 0.29) is 12.0 Å². The molecular formula is C21H24N7O8P. The van der Waals surface area contributed by atoms with Crippen LogP contribution in [0.3, 0.4) is 0 Å². The molecule has 1 aliphatic rings. The van der Waals surface area contributed by atoms with Gasteiger partial charge in [-0.15, -0.1) is 0 Å². The first-order chi connectivity index (χ1) is 17.6. The summed E-state index contributed by atoms with van der Waals surface area (Å²) in [5, 5.41) is 6.60. The second-order valence-electron chi connectivity index (χ2n) is 8.31. The SMILES string of the molecule is COC(=O)[C@@H](NP(=O)(O)OC[C@H]1O[C@@H](n2cc(C)c(=O)[nH]c2=O)C[C@@H]1N=[N+]=[N-])c1c[nH]c2ccccc12. The van der Waals surface area contributed by atoms with Crippen molar-refractivity contribution in [1.82, 2.24) is 19.6 Å². The van der Waals surface area contributed by atoms with Gasteiger partial charge in [0.25, 0.3) is 5.56 Å². The molecule has 5 atom stereocenters. The van der Waals surface area contributed by atoms with Crippen molar-refractivity contribution in [2.45, 2.75) is 37.8 Å². The van der Waals surface area contributed by atoms with E-state index >= 15 is 0 Å². The van der Waals surface area contributed by atoms with Crippen molar-refractivity contribution in [3.8, 4) is 0 Å². The lowest BCUT2D eigenvalue weighted by Gasteiger charge is -2.22. The summed E-state index contributed by atoms with van der Waals surface area (Å²) < 4.78 is 29.9. The molecule has 15 nitrogen and oxygen atoms in total. The number of benzene rings is 1. The summed E-state index contributed by atoms with van der Waals surface area (Å²) in [5.74, 6) is -0.820. The predicted octanol–water partition coefficient (Wildman–Crippen LogP) is 1.91. The van der Waals surface area contributed by atoms with Crippen LogP contribution >= 0.6 is 7.75 Å². The molecule has 2 aromatic heterocycles. The average molecular weight is 533 g/mol. The van der Waals surface area contributed by atoms with E-state index in [0.717, 1.165) is 11.7 Å². The maximum atomic E-state index is 12.9. The van der Waals surface area contributed by atoms with Crippen LogP contribution in [0.1, 0.15) is 29.8 Å². The first-order valence-corrected chi connectivity index (χ1v) is 12.6. The Morgan fingerprint density at radius 2 is 2.19 bits per heavy atom. The number of hydrogen-bond donors (Lipinski definition) is 4. The zero-order valence-corrected chi connectivity index (χ0v) is 20.6. The third-order valence-electron chi connectivity index (χ3n) is 5.94. The summed E-state index contributed by atoms with van der Waals surface area (Å²) in [6.07, 6.45) is 0.945. The Labute approximate surface area is 208 Å². The second kappa shape index (κ2) is 10.7. The van der Waals surface area contributed by atoms with Crippen molar-refractivity contribution in [2.75, 3.05) is 13.7 Å². The molecule has 1 saturated heterocycles. The highest BCUT2D eigenvalue weighted by Crippen LogP contribution is 2.43. The first-order valence-electron chi connectivity index (χ1n) is 11.0. The van der Waals surface area contributed by atoms with Gasteiger partial charge in [-0.2, -0.15) is 0 Å². The van der Waals surface area contributed by atoms with E-state index in [1.807, 2.05) is 0 Å². The van der Waals surface area contributed by atoms with Gasteiger partial charge in [0.2, 0.25) is 0 Å². The highest BCUT2D eigenvalue weighted by Gasteiger charge is 2.39. The van der Waals surface area contributed by atoms with Crippen LogP contribution in [0.2, 0.25) is 0 Å². The molecule has 196 valence electrons. The van der Waals surface area contributed by atoms with Gasteiger partial charge in [-0.1, -0.05) is 23.3 Å². The van der Waals surface area contributed by atoms with E-state index in [4.69, 9.17) is 19.5 Å². The number of aromatic amines is 2. The number of fused-ring (bicyclic) bond motifs is 1. The molecule has 0 radical (unpaired) electrons. The van der Waals surface area contributed by atoms with Crippen LogP contribution in [0.15, 0.2) is 51.4 Å². The van der Waals surface area contributed by atoms with Gasteiger partial charge in [-0.3, -0.25) is 18.9 Å². The Hall–Kier alpha value is -3.71. The lowest BCUT2D eigenvalue weighted by Crippen LogP contribution is -2.33. The number of H-pyrrole nitrogens is 2. The Morgan fingerprint density at radius 3 is 2.92 bits per heavy atom. The van der Waals surface area contributed by atoms with Crippen LogP contribution in [0.4, 0.5) is 0 Å². The molecule has 37 heavy (non-hydrogen) atoms. The van der Waals surface area contributed by atoms with Crippen LogP contribution < -0.4 is 16.3 Å². The van der Waals surface area contributed by atoms with Crippen molar-refractivity contribution in [3.63, 3.8) is 0 Å². The fourth-order valence-electron chi connectivity index (χ4n) is 4.10. The maximum absolute atomic E-state index is 12.9. The average Bonchev–Trinajstić information content (AvgIpc) is 3.47. The van der Waals surface area contributed by atoms with Crippen LogP contribution in [0.25, 0.3) is 21.3 Å². The van der Waals surface area contributed by atoms with Gasteiger partial charge >= 0.3 is 19.4 Å². The summed E-state index contributed by atoms with van der Waals surface area (Å²) in [5.41, 5.74) is 9.01. The number of rotatable bonds is 9. The molecule has 0 saturated carbocycles. The second-order valence-corrected chi connectivity index (χ2v) is 9.86. The third-order valence-corrected chi connectivity index (χ3v) is 7.02. The van der Waals surface area contributed by atoms with E-state index < -0.39 is 56.0 Å². The predicted molar refractivity (Wildman–Crippen MR) is 129 cm³/mol. The molecule has 1 fully saturated rings. The number of azide groups is 1. The highest BCUT2D eigenvalue weighted by atomic mass is 31.2. The van der Waals surface area contributed by atoms with Crippen molar-refractivity contribution in [2.24, 2.45) is 5.11 Å². The number of nitrogens with one attached hydrogen (secondary N) is 3. The van der Waals surface area contributed by atoms with Crippen LogP contribution in [0, 0.1) is 6.92 Å². The summed E-state index contributed by atoms with van der Waals surface area (Å²) >= 11 is 0. The van der Waals surface area contributed by atoms with Crippen LogP contribution in [0.5, 0.6) is 0 Å². The fourth-order valence-corrected chi connectivity index (χ4v) is 5.09. The topological polar surface area (TPSA) is 214 Å². The number of ether oxygens (including phenoxy) is 2. The zero-order chi connectivity index (χ0) is 26.7. The molecule has 16 heteroatoms. The molecule has 4 rings (SSSR count). The number of aryl methyl sites for hydroxylation is 1. The smallest absolute Gasteiger partial charge is 0.404 e. The summed E-state index contributed by atoms with van der Waals surface area (Å²) in [6.45, 7) is 0.994. The van der Waals surface area contributed by atoms with Gasteiger partial charge in [0.05, 0.1) is 25.9 Å². The molecule has 3 heterocycles. The number of carbonyl (C=O) groups is 1. The molecule has 1 unspecified atom stereocenters.